The molecular formula is C26H32N4O2. The summed E-state index contributed by atoms with van der Waals surface area (Å²) in [6.45, 7) is 5.18. The summed E-state index contributed by atoms with van der Waals surface area (Å²) in [6, 6.07) is 20.6. The maximum absolute atomic E-state index is 14.1. The minimum atomic E-state index is -0.589. The minimum Gasteiger partial charge on any atom is -0.395 e. The van der Waals surface area contributed by atoms with Crippen LogP contribution in [0.2, 0.25) is 0 Å². The summed E-state index contributed by atoms with van der Waals surface area (Å²) < 4.78 is 0. The molecule has 0 bridgehead atoms. The van der Waals surface area contributed by atoms with Crippen molar-refractivity contribution >= 4 is 5.91 Å². The zero-order valence-corrected chi connectivity index (χ0v) is 18.7. The van der Waals surface area contributed by atoms with Gasteiger partial charge in [0.2, 0.25) is 5.91 Å². The van der Waals surface area contributed by atoms with Crippen LogP contribution in [-0.4, -0.2) is 57.0 Å². The Morgan fingerprint density at radius 2 is 1.75 bits per heavy atom. The van der Waals surface area contributed by atoms with Gasteiger partial charge in [0.05, 0.1) is 30.6 Å². The number of likely N-dealkylation sites (tertiary alicyclic amines) is 1. The number of piperidine rings is 1. The second-order valence-electron chi connectivity index (χ2n) is 8.63. The monoisotopic (exact) mass is 432 g/mol. The molecule has 6 heteroatoms. The Bertz CT molecular complexity index is 995. The third kappa shape index (κ3) is 4.76. The van der Waals surface area contributed by atoms with Gasteiger partial charge in [-0.2, -0.15) is 0 Å². The first kappa shape index (κ1) is 22.2. The fourth-order valence-corrected chi connectivity index (χ4v) is 4.72. The summed E-state index contributed by atoms with van der Waals surface area (Å²) in [5.74, 6) is 0.0829. The van der Waals surface area contributed by atoms with E-state index in [-0.39, 0.29) is 12.5 Å². The molecule has 168 valence electrons. The average Bonchev–Trinajstić information content (AvgIpc) is 3.24. The number of aromatic nitrogens is 2. The molecule has 0 saturated carbocycles. The summed E-state index contributed by atoms with van der Waals surface area (Å²) in [6.07, 6.45) is 3.16. The zero-order valence-electron chi connectivity index (χ0n) is 18.7. The van der Waals surface area contributed by atoms with E-state index in [1.54, 1.807) is 11.2 Å². The Morgan fingerprint density at radius 3 is 2.34 bits per heavy atom. The van der Waals surface area contributed by atoms with Crippen molar-refractivity contribution in [2.24, 2.45) is 0 Å². The predicted octanol–water partition coefficient (Wildman–Crippen LogP) is 3.27. The van der Waals surface area contributed by atoms with E-state index in [0.29, 0.717) is 13.1 Å². The van der Waals surface area contributed by atoms with Crippen molar-refractivity contribution in [2.75, 3.05) is 26.2 Å². The highest BCUT2D eigenvalue weighted by Crippen LogP contribution is 2.38. The molecule has 0 aliphatic carbocycles. The molecule has 1 aliphatic rings. The molecule has 1 fully saturated rings. The molecule has 2 N–H and O–H groups in total. The lowest BCUT2D eigenvalue weighted by Gasteiger charge is -2.43. The number of aliphatic hydroxyl groups excluding tert-OH is 1. The van der Waals surface area contributed by atoms with Crippen molar-refractivity contribution in [2.45, 2.75) is 38.3 Å². The molecule has 0 spiro atoms. The van der Waals surface area contributed by atoms with Crippen LogP contribution in [0.15, 0.2) is 67.0 Å². The number of hydrogen-bond acceptors (Lipinski definition) is 4. The van der Waals surface area contributed by atoms with Crippen molar-refractivity contribution < 1.29 is 9.90 Å². The van der Waals surface area contributed by atoms with Crippen LogP contribution in [0.4, 0.5) is 0 Å². The normalized spacial score (nSPS) is 16.1. The number of aryl methyl sites for hydroxylation is 1. The summed E-state index contributed by atoms with van der Waals surface area (Å²) in [4.78, 5) is 25.7. The lowest BCUT2D eigenvalue weighted by molar-refractivity contribution is -0.141. The van der Waals surface area contributed by atoms with Gasteiger partial charge in [-0.25, -0.2) is 4.98 Å². The van der Waals surface area contributed by atoms with Gasteiger partial charge in [0, 0.05) is 18.8 Å². The van der Waals surface area contributed by atoms with E-state index in [2.05, 4.69) is 51.3 Å². The van der Waals surface area contributed by atoms with Crippen LogP contribution in [0.3, 0.4) is 0 Å². The molecule has 0 unspecified atom stereocenters. The van der Waals surface area contributed by atoms with E-state index >= 15 is 0 Å². The van der Waals surface area contributed by atoms with Gasteiger partial charge >= 0.3 is 0 Å². The van der Waals surface area contributed by atoms with Gasteiger partial charge in [0.15, 0.2) is 0 Å². The molecule has 3 aromatic rings. The number of H-pyrrole nitrogens is 1. The average molecular weight is 433 g/mol. The van der Waals surface area contributed by atoms with Gasteiger partial charge in [-0.3, -0.25) is 9.69 Å². The SMILES string of the molecule is Cc1[nH]cnc1CN(CCO)C(=O)C1(c2ccccc2)CCN(Cc2ccccc2)CC1. The molecule has 0 radical (unpaired) electrons. The van der Waals surface area contributed by atoms with E-state index in [1.807, 2.05) is 31.2 Å². The first-order chi connectivity index (χ1) is 15.6. The molecule has 1 amide bonds. The number of hydrogen-bond donors (Lipinski definition) is 2. The Balaban J connectivity index is 1.57. The third-order valence-electron chi connectivity index (χ3n) is 6.63. The largest absolute Gasteiger partial charge is 0.395 e. The lowest BCUT2D eigenvalue weighted by atomic mass is 9.71. The van der Waals surface area contributed by atoms with Crippen molar-refractivity contribution in [3.63, 3.8) is 0 Å². The summed E-state index contributed by atoms with van der Waals surface area (Å²) in [7, 11) is 0. The second kappa shape index (κ2) is 10.1. The Kier molecular flexibility index (Phi) is 7.02. The van der Waals surface area contributed by atoms with E-state index < -0.39 is 5.41 Å². The number of carbonyl (C=O) groups excluding carboxylic acids is 1. The summed E-state index contributed by atoms with van der Waals surface area (Å²) >= 11 is 0. The summed E-state index contributed by atoms with van der Waals surface area (Å²) in [5, 5.41) is 9.71. The van der Waals surface area contributed by atoms with Crippen molar-refractivity contribution in [1.29, 1.82) is 0 Å². The molecule has 2 heterocycles. The predicted molar refractivity (Wildman–Crippen MR) is 125 cm³/mol. The van der Waals surface area contributed by atoms with Gasteiger partial charge in [0.25, 0.3) is 0 Å². The fourth-order valence-electron chi connectivity index (χ4n) is 4.72. The Labute approximate surface area is 189 Å². The lowest BCUT2D eigenvalue weighted by Crippen LogP contribution is -2.53. The maximum atomic E-state index is 14.1. The van der Waals surface area contributed by atoms with E-state index in [9.17, 15) is 9.90 Å². The van der Waals surface area contributed by atoms with Crippen LogP contribution in [0, 0.1) is 6.92 Å². The van der Waals surface area contributed by atoms with Gasteiger partial charge < -0.3 is 15.0 Å². The number of imidazole rings is 1. The van der Waals surface area contributed by atoms with E-state index in [0.717, 1.165) is 49.4 Å². The van der Waals surface area contributed by atoms with Crippen LogP contribution >= 0.6 is 0 Å². The molecule has 1 aromatic heterocycles. The fraction of sp³-hybridized carbons (Fsp3) is 0.385. The van der Waals surface area contributed by atoms with E-state index in [4.69, 9.17) is 0 Å². The molecule has 1 aliphatic heterocycles. The topological polar surface area (TPSA) is 72.5 Å². The standard InChI is InChI=1S/C26H32N4O2/c1-21-24(28-20-27-21)19-30(16-17-31)25(32)26(23-10-6-3-7-11-23)12-14-29(15-13-26)18-22-8-4-2-5-9-22/h2-11,20,31H,12-19H2,1H3,(H,27,28). The number of benzene rings is 2. The highest BCUT2D eigenvalue weighted by atomic mass is 16.3. The van der Waals surface area contributed by atoms with Crippen molar-refractivity contribution in [3.05, 3.63) is 89.5 Å². The van der Waals surface area contributed by atoms with Gasteiger partial charge in [-0.15, -0.1) is 0 Å². The maximum Gasteiger partial charge on any atom is 0.233 e. The molecule has 2 aromatic carbocycles. The highest BCUT2D eigenvalue weighted by molar-refractivity contribution is 5.88. The molecule has 6 nitrogen and oxygen atoms in total. The van der Waals surface area contributed by atoms with Gasteiger partial charge in [-0.05, 0) is 44.0 Å². The van der Waals surface area contributed by atoms with Crippen LogP contribution in [-0.2, 0) is 23.3 Å². The van der Waals surface area contributed by atoms with Gasteiger partial charge in [0.1, 0.15) is 0 Å². The van der Waals surface area contributed by atoms with Crippen LogP contribution in [0.5, 0.6) is 0 Å². The number of aromatic amines is 1. The third-order valence-corrected chi connectivity index (χ3v) is 6.63. The quantitative estimate of drug-likeness (QED) is 0.573. The van der Waals surface area contributed by atoms with Crippen LogP contribution in [0.1, 0.15) is 35.4 Å². The molecule has 0 atom stereocenters. The first-order valence-corrected chi connectivity index (χ1v) is 11.3. The van der Waals surface area contributed by atoms with Gasteiger partial charge in [-0.1, -0.05) is 60.7 Å². The number of aliphatic hydroxyl groups is 1. The Hall–Kier alpha value is -2.96. The number of amides is 1. The number of nitrogens with one attached hydrogen (secondary N) is 1. The molecule has 4 rings (SSSR count). The smallest absolute Gasteiger partial charge is 0.233 e. The number of rotatable bonds is 8. The van der Waals surface area contributed by atoms with Crippen LogP contribution in [0.25, 0.3) is 0 Å². The molecular weight excluding hydrogens is 400 g/mol. The zero-order chi connectivity index (χ0) is 22.4. The minimum absolute atomic E-state index is 0.0692. The van der Waals surface area contributed by atoms with E-state index in [1.165, 1.54) is 5.56 Å². The number of carbonyl (C=O) groups is 1. The summed E-state index contributed by atoms with van der Waals surface area (Å²) in [5.41, 5.74) is 3.56. The van der Waals surface area contributed by atoms with Crippen LogP contribution < -0.4 is 0 Å². The molecule has 1 saturated heterocycles. The second-order valence-corrected chi connectivity index (χ2v) is 8.63. The Morgan fingerprint density at radius 1 is 1.09 bits per heavy atom. The highest BCUT2D eigenvalue weighted by Gasteiger charge is 2.45. The van der Waals surface area contributed by atoms with Crippen molar-refractivity contribution in [1.82, 2.24) is 19.8 Å². The van der Waals surface area contributed by atoms with Crippen molar-refractivity contribution in [3.8, 4) is 0 Å². The molecule has 32 heavy (non-hydrogen) atoms. The first-order valence-electron chi connectivity index (χ1n) is 11.3. The number of nitrogens with zero attached hydrogens (tertiary/aromatic N) is 3.